The van der Waals surface area contributed by atoms with Crippen LogP contribution in [0.4, 0.5) is 0 Å². The summed E-state index contributed by atoms with van der Waals surface area (Å²) in [7, 11) is 0. The van der Waals surface area contributed by atoms with Gasteiger partial charge in [-0.05, 0) is 6.42 Å². The van der Waals surface area contributed by atoms with E-state index >= 15 is 0 Å². The average Bonchev–Trinajstić information content (AvgIpc) is 2.17. The van der Waals surface area contributed by atoms with Crippen LogP contribution in [0.5, 0.6) is 0 Å². The molecular formula is C10H16N2OS. The van der Waals surface area contributed by atoms with Gasteiger partial charge < -0.3 is 4.90 Å². The lowest BCUT2D eigenvalue weighted by molar-refractivity contribution is -0.132. The molecule has 2 atom stereocenters. The standard InChI is InChI=1S/C10H16N2OS/c1-3-9-8(2)14-7-6-12(9)10(13)4-5-11/h8-9H,3-4,6-7H2,1-2H3. The van der Waals surface area contributed by atoms with Crippen LogP contribution in [0, 0.1) is 11.3 Å². The molecule has 0 aromatic carbocycles. The number of nitriles is 1. The second-order valence-electron chi connectivity index (χ2n) is 3.47. The van der Waals surface area contributed by atoms with E-state index in [1.807, 2.05) is 22.7 Å². The molecule has 1 fully saturated rings. The van der Waals surface area contributed by atoms with E-state index in [0.29, 0.717) is 11.3 Å². The molecule has 0 radical (unpaired) electrons. The van der Waals surface area contributed by atoms with E-state index in [1.165, 1.54) is 0 Å². The molecule has 0 saturated carbocycles. The van der Waals surface area contributed by atoms with E-state index in [9.17, 15) is 4.79 Å². The van der Waals surface area contributed by atoms with Crippen molar-refractivity contribution in [2.45, 2.75) is 38.0 Å². The summed E-state index contributed by atoms with van der Waals surface area (Å²) >= 11 is 1.91. The topological polar surface area (TPSA) is 44.1 Å². The third-order valence-electron chi connectivity index (χ3n) is 2.62. The van der Waals surface area contributed by atoms with E-state index in [1.54, 1.807) is 0 Å². The molecule has 0 N–H and O–H groups in total. The zero-order chi connectivity index (χ0) is 10.6. The molecule has 0 aliphatic carbocycles. The van der Waals surface area contributed by atoms with Crippen LogP contribution in [-0.4, -0.2) is 34.4 Å². The molecule has 1 heterocycles. The quantitative estimate of drug-likeness (QED) is 0.699. The molecule has 1 aliphatic rings. The molecular weight excluding hydrogens is 196 g/mol. The summed E-state index contributed by atoms with van der Waals surface area (Å²) in [5, 5.41) is 8.99. The van der Waals surface area contributed by atoms with Gasteiger partial charge in [0.1, 0.15) is 6.42 Å². The lowest BCUT2D eigenvalue weighted by Crippen LogP contribution is -2.49. The Morgan fingerprint density at radius 2 is 2.43 bits per heavy atom. The molecule has 0 aromatic rings. The fourth-order valence-electron chi connectivity index (χ4n) is 1.90. The van der Waals surface area contributed by atoms with Crippen LogP contribution in [0.1, 0.15) is 26.7 Å². The van der Waals surface area contributed by atoms with Crippen molar-refractivity contribution in [1.82, 2.24) is 4.90 Å². The van der Waals surface area contributed by atoms with Gasteiger partial charge in [-0.25, -0.2) is 0 Å². The molecule has 1 saturated heterocycles. The average molecular weight is 212 g/mol. The molecule has 0 aromatic heterocycles. The Bertz CT molecular complexity index is 249. The van der Waals surface area contributed by atoms with Crippen molar-refractivity contribution in [3.63, 3.8) is 0 Å². The number of nitrogens with zero attached hydrogens (tertiary/aromatic N) is 2. The number of carbonyl (C=O) groups is 1. The van der Waals surface area contributed by atoms with Crippen LogP contribution in [0.3, 0.4) is 0 Å². The molecule has 2 unspecified atom stereocenters. The minimum Gasteiger partial charge on any atom is -0.337 e. The first-order valence-electron chi connectivity index (χ1n) is 4.98. The highest BCUT2D eigenvalue weighted by atomic mass is 32.2. The molecule has 1 aliphatic heterocycles. The van der Waals surface area contributed by atoms with Gasteiger partial charge in [0.15, 0.2) is 0 Å². The number of amides is 1. The third-order valence-corrected chi connectivity index (χ3v) is 3.88. The second-order valence-corrected chi connectivity index (χ2v) is 4.96. The Labute approximate surface area is 89.5 Å². The van der Waals surface area contributed by atoms with Gasteiger partial charge in [0.2, 0.25) is 5.91 Å². The van der Waals surface area contributed by atoms with Crippen molar-refractivity contribution in [1.29, 1.82) is 5.26 Å². The van der Waals surface area contributed by atoms with E-state index in [-0.39, 0.29) is 12.3 Å². The van der Waals surface area contributed by atoms with Crippen molar-refractivity contribution in [2.24, 2.45) is 0 Å². The molecule has 3 nitrogen and oxygen atoms in total. The fourth-order valence-corrected chi connectivity index (χ4v) is 3.13. The van der Waals surface area contributed by atoms with Crippen LogP contribution in [0.15, 0.2) is 0 Å². The summed E-state index contributed by atoms with van der Waals surface area (Å²) in [6, 6.07) is 2.24. The van der Waals surface area contributed by atoms with Crippen molar-refractivity contribution >= 4 is 17.7 Å². The van der Waals surface area contributed by atoms with Gasteiger partial charge in [0.25, 0.3) is 0 Å². The number of hydrogen-bond acceptors (Lipinski definition) is 3. The normalized spacial score (nSPS) is 27.1. The van der Waals surface area contributed by atoms with Gasteiger partial charge in [-0.2, -0.15) is 17.0 Å². The van der Waals surface area contributed by atoms with Gasteiger partial charge >= 0.3 is 0 Å². The molecule has 1 rings (SSSR count). The first kappa shape index (κ1) is 11.4. The minimum absolute atomic E-state index is 0.00787. The van der Waals surface area contributed by atoms with Crippen LogP contribution in [0.2, 0.25) is 0 Å². The zero-order valence-corrected chi connectivity index (χ0v) is 9.51. The van der Waals surface area contributed by atoms with Gasteiger partial charge in [0.05, 0.1) is 6.07 Å². The Hall–Kier alpha value is -0.690. The predicted octanol–water partition coefficient (Wildman–Crippen LogP) is 1.64. The summed E-state index contributed by atoms with van der Waals surface area (Å²) < 4.78 is 0. The highest BCUT2D eigenvalue weighted by Gasteiger charge is 2.30. The van der Waals surface area contributed by atoms with E-state index in [0.717, 1.165) is 18.7 Å². The first-order valence-corrected chi connectivity index (χ1v) is 6.03. The minimum atomic E-state index is -0.00787. The van der Waals surface area contributed by atoms with E-state index in [2.05, 4.69) is 13.8 Å². The lowest BCUT2D eigenvalue weighted by Gasteiger charge is -2.38. The largest absolute Gasteiger partial charge is 0.337 e. The summed E-state index contributed by atoms with van der Waals surface area (Å²) in [5.74, 6) is 0.987. The number of hydrogen-bond donors (Lipinski definition) is 0. The van der Waals surface area contributed by atoms with Gasteiger partial charge in [-0.1, -0.05) is 13.8 Å². The number of rotatable bonds is 2. The second kappa shape index (κ2) is 5.26. The molecule has 1 amide bonds. The zero-order valence-electron chi connectivity index (χ0n) is 8.69. The van der Waals surface area contributed by atoms with E-state index in [4.69, 9.17) is 5.26 Å². The highest BCUT2D eigenvalue weighted by Crippen LogP contribution is 2.26. The number of thioether (sulfide) groups is 1. The third kappa shape index (κ3) is 2.42. The SMILES string of the molecule is CCC1C(C)SCCN1C(=O)CC#N. The maximum absolute atomic E-state index is 11.6. The van der Waals surface area contributed by atoms with Crippen LogP contribution < -0.4 is 0 Å². The molecule has 0 bridgehead atoms. The molecule has 0 spiro atoms. The summed E-state index contributed by atoms with van der Waals surface area (Å²) in [6.07, 6.45) is 0.999. The molecule has 4 heteroatoms. The summed E-state index contributed by atoms with van der Waals surface area (Å²) in [6.45, 7) is 5.05. The summed E-state index contributed by atoms with van der Waals surface area (Å²) in [5.41, 5.74) is 0. The highest BCUT2D eigenvalue weighted by molar-refractivity contribution is 8.00. The van der Waals surface area contributed by atoms with Crippen LogP contribution in [0.25, 0.3) is 0 Å². The predicted molar refractivity (Wildman–Crippen MR) is 57.9 cm³/mol. The van der Waals surface area contributed by atoms with Crippen molar-refractivity contribution in [3.8, 4) is 6.07 Å². The van der Waals surface area contributed by atoms with Crippen molar-refractivity contribution in [2.75, 3.05) is 12.3 Å². The molecule has 78 valence electrons. The molecule has 14 heavy (non-hydrogen) atoms. The van der Waals surface area contributed by atoms with Gasteiger partial charge in [-0.3, -0.25) is 4.79 Å². The smallest absolute Gasteiger partial charge is 0.237 e. The maximum Gasteiger partial charge on any atom is 0.237 e. The van der Waals surface area contributed by atoms with Crippen molar-refractivity contribution in [3.05, 3.63) is 0 Å². The maximum atomic E-state index is 11.6. The van der Waals surface area contributed by atoms with Gasteiger partial charge in [0, 0.05) is 23.6 Å². The van der Waals surface area contributed by atoms with Crippen LogP contribution in [-0.2, 0) is 4.79 Å². The van der Waals surface area contributed by atoms with Crippen molar-refractivity contribution < 1.29 is 4.79 Å². The number of carbonyl (C=O) groups excluding carboxylic acids is 1. The Kier molecular flexibility index (Phi) is 4.27. The fraction of sp³-hybridized carbons (Fsp3) is 0.800. The lowest BCUT2D eigenvalue weighted by atomic mass is 10.1. The Morgan fingerprint density at radius 3 is 3.00 bits per heavy atom. The Morgan fingerprint density at radius 1 is 1.71 bits per heavy atom. The van der Waals surface area contributed by atoms with Crippen LogP contribution >= 0.6 is 11.8 Å². The van der Waals surface area contributed by atoms with E-state index < -0.39 is 0 Å². The monoisotopic (exact) mass is 212 g/mol. The Balaban J connectivity index is 2.65. The van der Waals surface area contributed by atoms with Gasteiger partial charge in [-0.15, -0.1) is 0 Å². The summed E-state index contributed by atoms with van der Waals surface area (Å²) in [4.78, 5) is 13.5. The first-order chi connectivity index (χ1) is 6.70.